The third kappa shape index (κ3) is 2.66. The first-order valence-corrected chi connectivity index (χ1v) is 7.78. The summed E-state index contributed by atoms with van der Waals surface area (Å²) < 4.78 is 1.95. The number of rotatable bonds is 3. The molecule has 0 radical (unpaired) electrons. The summed E-state index contributed by atoms with van der Waals surface area (Å²) in [6.45, 7) is 4.56. The fraction of sp³-hybridized carbons (Fsp3) is 0.167. The highest BCUT2D eigenvalue weighted by atomic mass is 35.5. The summed E-state index contributed by atoms with van der Waals surface area (Å²) in [6.07, 6.45) is 0. The SMILES string of the molecule is CCn1c(C(=O)Nc2ccccc2O)c(C)c2cc(Cl)ccc21. The quantitative estimate of drug-likeness (QED) is 0.691. The Morgan fingerprint density at radius 3 is 2.70 bits per heavy atom. The Morgan fingerprint density at radius 2 is 2.00 bits per heavy atom. The second kappa shape index (κ2) is 5.97. The Balaban J connectivity index is 2.10. The number of halogens is 1. The van der Waals surface area contributed by atoms with Crippen LogP contribution in [-0.2, 0) is 6.54 Å². The van der Waals surface area contributed by atoms with Crippen LogP contribution in [0.3, 0.4) is 0 Å². The summed E-state index contributed by atoms with van der Waals surface area (Å²) in [7, 11) is 0. The van der Waals surface area contributed by atoms with Crippen molar-refractivity contribution in [1.82, 2.24) is 4.57 Å². The third-order valence-electron chi connectivity index (χ3n) is 3.96. The number of nitrogens with one attached hydrogen (secondary N) is 1. The predicted molar refractivity (Wildman–Crippen MR) is 93.4 cm³/mol. The normalized spacial score (nSPS) is 10.9. The van der Waals surface area contributed by atoms with Gasteiger partial charge in [-0.05, 0) is 49.7 Å². The molecule has 0 spiro atoms. The van der Waals surface area contributed by atoms with E-state index in [1.54, 1.807) is 18.2 Å². The molecule has 4 nitrogen and oxygen atoms in total. The minimum atomic E-state index is -0.252. The number of phenols is 1. The van der Waals surface area contributed by atoms with Gasteiger partial charge in [-0.15, -0.1) is 0 Å². The lowest BCUT2D eigenvalue weighted by molar-refractivity contribution is 0.101. The lowest BCUT2D eigenvalue weighted by Crippen LogP contribution is -2.17. The molecule has 1 aromatic heterocycles. The number of benzene rings is 2. The van der Waals surface area contributed by atoms with Gasteiger partial charge in [0.2, 0.25) is 0 Å². The first kappa shape index (κ1) is 15.4. The highest BCUT2D eigenvalue weighted by Gasteiger charge is 2.20. The molecular weight excluding hydrogens is 312 g/mol. The first-order valence-electron chi connectivity index (χ1n) is 7.40. The minimum absolute atomic E-state index is 0.0423. The van der Waals surface area contributed by atoms with Crippen LogP contribution in [0.15, 0.2) is 42.5 Å². The molecule has 0 saturated carbocycles. The Kier molecular flexibility index (Phi) is 4.01. The van der Waals surface area contributed by atoms with Gasteiger partial charge < -0.3 is 15.0 Å². The van der Waals surface area contributed by atoms with Crippen LogP contribution in [0.25, 0.3) is 10.9 Å². The van der Waals surface area contributed by atoms with E-state index in [4.69, 9.17) is 11.6 Å². The number of anilines is 1. The van der Waals surface area contributed by atoms with Crippen molar-refractivity contribution in [3.05, 3.63) is 58.7 Å². The maximum Gasteiger partial charge on any atom is 0.272 e. The molecule has 5 heteroatoms. The summed E-state index contributed by atoms with van der Waals surface area (Å²) in [5, 5.41) is 14.2. The first-order chi connectivity index (χ1) is 11.0. The van der Waals surface area contributed by atoms with Crippen LogP contribution in [0.1, 0.15) is 23.0 Å². The second-order valence-electron chi connectivity index (χ2n) is 5.35. The zero-order valence-corrected chi connectivity index (χ0v) is 13.7. The average molecular weight is 329 g/mol. The number of aryl methyl sites for hydroxylation is 2. The Bertz CT molecular complexity index is 899. The zero-order valence-electron chi connectivity index (χ0n) is 12.9. The van der Waals surface area contributed by atoms with E-state index in [2.05, 4.69) is 5.32 Å². The van der Waals surface area contributed by atoms with Gasteiger partial charge in [-0.1, -0.05) is 23.7 Å². The van der Waals surface area contributed by atoms with Crippen molar-refractivity contribution in [2.24, 2.45) is 0 Å². The molecule has 0 bridgehead atoms. The van der Waals surface area contributed by atoms with E-state index >= 15 is 0 Å². The molecule has 23 heavy (non-hydrogen) atoms. The number of aromatic hydroxyl groups is 1. The fourth-order valence-corrected chi connectivity index (χ4v) is 3.05. The fourth-order valence-electron chi connectivity index (χ4n) is 2.88. The van der Waals surface area contributed by atoms with E-state index in [0.29, 0.717) is 22.9 Å². The van der Waals surface area contributed by atoms with Crippen molar-refractivity contribution in [2.45, 2.75) is 20.4 Å². The standard InChI is InChI=1S/C18H17ClN2O2/c1-3-21-15-9-8-12(19)10-13(15)11(2)17(21)18(23)20-14-6-4-5-7-16(14)22/h4-10,22H,3H2,1-2H3,(H,20,23). The summed E-state index contributed by atoms with van der Waals surface area (Å²) >= 11 is 6.08. The molecule has 0 atom stereocenters. The molecule has 118 valence electrons. The molecule has 0 unspecified atom stereocenters. The topological polar surface area (TPSA) is 54.3 Å². The van der Waals surface area contributed by atoms with Gasteiger partial charge in [0.25, 0.3) is 5.91 Å². The number of amides is 1. The highest BCUT2D eigenvalue weighted by molar-refractivity contribution is 6.31. The van der Waals surface area contributed by atoms with Crippen LogP contribution < -0.4 is 5.32 Å². The van der Waals surface area contributed by atoms with Gasteiger partial charge in [0, 0.05) is 22.5 Å². The smallest absolute Gasteiger partial charge is 0.272 e. The summed E-state index contributed by atoms with van der Waals surface area (Å²) in [5.41, 5.74) is 2.81. The van der Waals surface area contributed by atoms with Gasteiger partial charge in [0.1, 0.15) is 11.4 Å². The predicted octanol–water partition coefficient (Wildman–Crippen LogP) is 4.58. The maximum absolute atomic E-state index is 12.7. The van der Waals surface area contributed by atoms with Gasteiger partial charge in [0.05, 0.1) is 5.69 Å². The molecule has 0 aliphatic heterocycles. The number of carbonyl (C=O) groups excluding carboxylic acids is 1. The van der Waals surface area contributed by atoms with Crippen molar-refractivity contribution >= 4 is 34.1 Å². The molecule has 1 heterocycles. The monoisotopic (exact) mass is 328 g/mol. The van der Waals surface area contributed by atoms with Crippen LogP contribution >= 0.6 is 11.6 Å². The number of hydrogen-bond acceptors (Lipinski definition) is 2. The van der Waals surface area contributed by atoms with Crippen LogP contribution in [0.2, 0.25) is 5.02 Å². The Morgan fingerprint density at radius 1 is 1.26 bits per heavy atom. The molecule has 1 amide bonds. The lowest BCUT2D eigenvalue weighted by Gasteiger charge is -2.10. The van der Waals surface area contributed by atoms with Gasteiger partial charge in [-0.3, -0.25) is 4.79 Å². The number of hydrogen-bond donors (Lipinski definition) is 2. The Hall–Kier alpha value is -2.46. The average Bonchev–Trinajstić information content (AvgIpc) is 2.81. The number of nitrogens with zero attached hydrogens (tertiary/aromatic N) is 1. The summed E-state index contributed by atoms with van der Waals surface area (Å²) in [5.74, 6) is -0.209. The Labute approximate surface area is 139 Å². The van der Waals surface area contributed by atoms with Crippen LogP contribution in [0, 0.1) is 6.92 Å². The molecule has 2 N–H and O–H groups in total. The van der Waals surface area contributed by atoms with Crippen molar-refractivity contribution in [2.75, 3.05) is 5.32 Å². The number of fused-ring (bicyclic) bond motifs is 1. The second-order valence-corrected chi connectivity index (χ2v) is 5.79. The van der Waals surface area contributed by atoms with E-state index < -0.39 is 0 Å². The van der Waals surface area contributed by atoms with Crippen LogP contribution in [0.5, 0.6) is 5.75 Å². The van der Waals surface area contributed by atoms with E-state index in [1.165, 1.54) is 6.07 Å². The van der Waals surface area contributed by atoms with E-state index in [9.17, 15) is 9.90 Å². The molecule has 0 saturated heterocycles. The van der Waals surface area contributed by atoms with Crippen molar-refractivity contribution < 1.29 is 9.90 Å². The van der Waals surface area contributed by atoms with Gasteiger partial charge in [-0.25, -0.2) is 0 Å². The molecule has 3 rings (SSSR count). The van der Waals surface area contributed by atoms with E-state index in [-0.39, 0.29) is 11.7 Å². The highest BCUT2D eigenvalue weighted by Crippen LogP contribution is 2.30. The summed E-state index contributed by atoms with van der Waals surface area (Å²) in [6, 6.07) is 12.3. The van der Waals surface area contributed by atoms with E-state index in [0.717, 1.165) is 16.5 Å². The van der Waals surface area contributed by atoms with Crippen molar-refractivity contribution in [1.29, 1.82) is 0 Å². The van der Waals surface area contributed by atoms with Gasteiger partial charge in [0.15, 0.2) is 0 Å². The molecule has 0 fully saturated rings. The van der Waals surface area contributed by atoms with Crippen molar-refractivity contribution in [3.63, 3.8) is 0 Å². The van der Waals surface area contributed by atoms with E-state index in [1.807, 2.05) is 36.6 Å². The molecule has 0 aliphatic carbocycles. The minimum Gasteiger partial charge on any atom is -0.506 e. The zero-order chi connectivity index (χ0) is 16.6. The summed E-state index contributed by atoms with van der Waals surface area (Å²) in [4.78, 5) is 12.7. The molecular formula is C18H17ClN2O2. The molecule has 2 aromatic carbocycles. The largest absolute Gasteiger partial charge is 0.506 e. The molecule has 0 aliphatic rings. The van der Waals surface area contributed by atoms with Crippen LogP contribution in [-0.4, -0.2) is 15.6 Å². The number of para-hydroxylation sites is 2. The number of phenolic OH excluding ortho intramolecular Hbond substituents is 1. The van der Waals surface area contributed by atoms with Gasteiger partial charge in [-0.2, -0.15) is 0 Å². The van der Waals surface area contributed by atoms with Crippen molar-refractivity contribution in [3.8, 4) is 5.75 Å². The lowest BCUT2D eigenvalue weighted by atomic mass is 10.1. The molecule has 3 aromatic rings. The third-order valence-corrected chi connectivity index (χ3v) is 4.20. The number of carbonyl (C=O) groups is 1. The van der Waals surface area contributed by atoms with Crippen LogP contribution in [0.4, 0.5) is 5.69 Å². The maximum atomic E-state index is 12.7. The van der Waals surface area contributed by atoms with Gasteiger partial charge >= 0.3 is 0 Å². The number of aromatic nitrogens is 1.